The summed E-state index contributed by atoms with van der Waals surface area (Å²) in [5, 5.41) is 2.84. The summed E-state index contributed by atoms with van der Waals surface area (Å²) < 4.78 is 14.6. The number of amides is 1. The van der Waals surface area contributed by atoms with Gasteiger partial charge in [-0.05, 0) is 51.8 Å². The minimum absolute atomic E-state index is 0.255. The van der Waals surface area contributed by atoms with E-state index in [4.69, 9.17) is 0 Å². The van der Waals surface area contributed by atoms with Gasteiger partial charge in [0.2, 0.25) is 0 Å². The molecule has 0 unspecified atom stereocenters. The first-order chi connectivity index (χ1) is 13.1. The van der Waals surface area contributed by atoms with Gasteiger partial charge in [-0.1, -0.05) is 18.2 Å². The highest BCUT2D eigenvalue weighted by Crippen LogP contribution is 2.20. The Bertz CT molecular complexity index is 1140. The first kappa shape index (κ1) is 17.4. The molecular weight excluding hydrogens is 411 g/mol. The van der Waals surface area contributed by atoms with Gasteiger partial charge in [-0.3, -0.25) is 9.78 Å². The SMILES string of the molecule is O=C(Nc1ccc2nc(Cc3ccccc3F)[nH]c2c1)c1cncc(Br)c1. The molecule has 0 radical (unpaired) electrons. The van der Waals surface area contributed by atoms with Crippen LogP contribution < -0.4 is 5.32 Å². The minimum atomic E-state index is -0.256. The van der Waals surface area contributed by atoms with Crippen molar-refractivity contribution in [2.24, 2.45) is 0 Å². The van der Waals surface area contributed by atoms with Crippen molar-refractivity contribution in [3.05, 3.63) is 88.2 Å². The van der Waals surface area contributed by atoms with Gasteiger partial charge in [0.15, 0.2) is 0 Å². The molecule has 7 heteroatoms. The Kier molecular flexibility index (Phi) is 4.68. The van der Waals surface area contributed by atoms with Crippen molar-refractivity contribution in [2.45, 2.75) is 6.42 Å². The fourth-order valence-corrected chi connectivity index (χ4v) is 3.15. The van der Waals surface area contributed by atoms with Gasteiger partial charge < -0.3 is 10.3 Å². The van der Waals surface area contributed by atoms with E-state index < -0.39 is 0 Å². The maximum atomic E-state index is 13.8. The molecule has 5 nitrogen and oxygen atoms in total. The number of anilines is 1. The van der Waals surface area contributed by atoms with E-state index in [0.29, 0.717) is 29.1 Å². The van der Waals surface area contributed by atoms with E-state index in [0.717, 1.165) is 15.5 Å². The molecule has 4 rings (SSSR count). The lowest BCUT2D eigenvalue weighted by Gasteiger charge is -2.05. The second kappa shape index (κ2) is 7.28. The summed E-state index contributed by atoms with van der Waals surface area (Å²) in [7, 11) is 0. The fourth-order valence-electron chi connectivity index (χ4n) is 2.79. The summed E-state index contributed by atoms with van der Waals surface area (Å²) in [6, 6.07) is 13.7. The van der Waals surface area contributed by atoms with Crippen LogP contribution >= 0.6 is 15.9 Å². The molecule has 0 atom stereocenters. The maximum Gasteiger partial charge on any atom is 0.257 e. The van der Waals surface area contributed by atoms with Crippen molar-refractivity contribution in [1.82, 2.24) is 15.0 Å². The van der Waals surface area contributed by atoms with E-state index in [1.807, 2.05) is 6.07 Å². The average molecular weight is 425 g/mol. The van der Waals surface area contributed by atoms with Crippen LogP contribution in [0.4, 0.5) is 10.1 Å². The third-order valence-corrected chi connectivity index (χ3v) is 4.51. The second-order valence-electron chi connectivity index (χ2n) is 6.03. The third kappa shape index (κ3) is 3.88. The molecule has 0 aliphatic heterocycles. The lowest BCUT2D eigenvalue weighted by molar-refractivity contribution is 0.102. The van der Waals surface area contributed by atoms with E-state index in [9.17, 15) is 9.18 Å². The van der Waals surface area contributed by atoms with E-state index in [2.05, 4.69) is 36.2 Å². The smallest absolute Gasteiger partial charge is 0.257 e. The molecule has 27 heavy (non-hydrogen) atoms. The van der Waals surface area contributed by atoms with E-state index in [-0.39, 0.29) is 11.7 Å². The molecule has 2 N–H and O–H groups in total. The topological polar surface area (TPSA) is 70.7 Å². The first-order valence-corrected chi connectivity index (χ1v) is 9.02. The molecule has 0 aliphatic rings. The van der Waals surface area contributed by atoms with Gasteiger partial charge in [0, 0.05) is 29.0 Å². The number of aromatic nitrogens is 3. The van der Waals surface area contributed by atoms with Crippen LogP contribution in [0, 0.1) is 5.82 Å². The Morgan fingerprint density at radius 2 is 2.00 bits per heavy atom. The van der Waals surface area contributed by atoms with E-state index in [1.54, 1.807) is 42.6 Å². The van der Waals surface area contributed by atoms with Gasteiger partial charge in [-0.25, -0.2) is 9.37 Å². The van der Waals surface area contributed by atoms with Gasteiger partial charge in [0.1, 0.15) is 11.6 Å². The average Bonchev–Trinajstić information content (AvgIpc) is 3.05. The largest absolute Gasteiger partial charge is 0.342 e. The molecule has 0 fully saturated rings. The minimum Gasteiger partial charge on any atom is -0.342 e. The molecule has 2 heterocycles. The zero-order chi connectivity index (χ0) is 18.8. The summed E-state index contributed by atoms with van der Waals surface area (Å²) in [4.78, 5) is 24.0. The van der Waals surface area contributed by atoms with Gasteiger partial charge in [0.25, 0.3) is 5.91 Å². The second-order valence-corrected chi connectivity index (χ2v) is 6.95. The monoisotopic (exact) mass is 424 g/mol. The molecule has 0 aliphatic carbocycles. The highest BCUT2D eigenvalue weighted by atomic mass is 79.9. The Labute approximate surface area is 162 Å². The zero-order valence-electron chi connectivity index (χ0n) is 14.0. The van der Waals surface area contributed by atoms with Crippen LogP contribution in [0.2, 0.25) is 0 Å². The quantitative estimate of drug-likeness (QED) is 0.498. The molecule has 0 spiro atoms. The van der Waals surface area contributed by atoms with Gasteiger partial charge in [-0.2, -0.15) is 0 Å². The molecule has 0 saturated heterocycles. The van der Waals surface area contributed by atoms with Crippen molar-refractivity contribution >= 4 is 38.6 Å². The molecule has 2 aromatic heterocycles. The number of pyridine rings is 1. The number of fused-ring (bicyclic) bond motifs is 1. The van der Waals surface area contributed by atoms with Crippen molar-refractivity contribution in [3.63, 3.8) is 0 Å². The lowest BCUT2D eigenvalue weighted by Crippen LogP contribution is -2.12. The van der Waals surface area contributed by atoms with E-state index >= 15 is 0 Å². The van der Waals surface area contributed by atoms with Gasteiger partial charge in [-0.15, -0.1) is 0 Å². The van der Waals surface area contributed by atoms with Crippen molar-refractivity contribution < 1.29 is 9.18 Å². The van der Waals surface area contributed by atoms with Crippen LogP contribution in [-0.2, 0) is 6.42 Å². The molecule has 134 valence electrons. The Hall–Kier alpha value is -3.06. The van der Waals surface area contributed by atoms with Crippen LogP contribution in [0.15, 0.2) is 65.4 Å². The number of nitrogens with zero attached hydrogens (tertiary/aromatic N) is 2. The normalized spacial score (nSPS) is 10.9. The van der Waals surface area contributed by atoms with Gasteiger partial charge >= 0.3 is 0 Å². The number of nitrogens with one attached hydrogen (secondary N) is 2. The number of rotatable bonds is 4. The Morgan fingerprint density at radius 1 is 1.15 bits per heavy atom. The number of imidazole rings is 1. The molecule has 0 bridgehead atoms. The van der Waals surface area contributed by atoms with Crippen LogP contribution in [0.5, 0.6) is 0 Å². The summed E-state index contributed by atoms with van der Waals surface area (Å²) in [6.07, 6.45) is 3.48. The summed E-state index contributed by atoms with van der Waals surface area (Å²) in [5.74, 6) is 0.151. The van der Waals surface area contributed by atoms with Crippen molar-refractivity contribution in [3.8, 4) is 0 Å². The number of H-pyrrole nitrogens is 1. The standard InChI is InChI=1S/C20H14BrFN4O/c21-14-7-13(10-23-11-14)20(27)24-15-5-6-17-18(9-15)26-19(25-17)8-12-3-1-2-4-16(12)22/h1-7,9-11H,8H2,(H,24,27)(H,25,26). The molecule has 0 saturated carbocycles. The predicted molar refractivity (Wildman–Crippen MR) is 105 cm³/mol. The number of hydrogen-bond donors (Lipinski definition) is 2. The molecule has 2 aromatic carbocycles. The van der Waals surface area contributed by atoms with Crippen LogP contribution in [-0.4, -0.2) is 20.9 Å². The molecule has 4 aromatic rings. The Morgan fingerprint density at radius 3 is 2.81 bits per heavy atom. The molecular formula is C20H14BrFN4O. The summed E-state index contributed by atoms with van der Waals surface area (Å²) >= 11 is 3.30. The number of carbonyl (C=O) groups is 1. The zero-order valence-corrected chi connectivity index (χ0v) is 15.6. The highest BCUT2D eigenvalue weighted by Gasteiger charge is 2.10. The summed E-state index contributed by atoms with van der Waals surface area (Å²) in [6.45, 7) is 0. The number of carbonyl (C=O) groups excluding carboxylic acids is 1. The number of halogens is 2. The van der Waals surface area contributed by atoms with Gasteiger partial charge in [0.05, 0.1) is 16.6 Å². The fraction of sp³-hybridized carbons (Fsp3) is 0.0500. The molecule has 1 amide bonds. The predicted octanol–water partition coefficient (Wildman–Crippen LogP) is 4.70. The third-order valence-electron chi connectivity index (χ3n) is 4.07. The number of aromatic amines is 1. The van der Waals surface area contributed by atoms with E-state index in [1.165, 1.54) is 12.3 Å². The van der Waals surface area contributed by atoms with Crippen molar-refractivity contribution in [1.29, 1.82) is 0 Å². The lowest BCUT2D eigenvalue weighted by atomic mass is 10.1. The van der Waals surface area contributed by atoms with Crippen molar-refractivity contribution in [2.75, 3.05) is 5.32 Å². The number of hydrogen-bond acceptors (Lipinski definition) is 3. The highest BCUT2D eigenvalue weighted by molar-refractivity contribution is 9.10. The first-order valence-electron chi connectivity index (χ1n) is 8.22. The Balaban J connectivity index is 1.56. The van der Waals surface area contributed by atoms with Crippen LogP contribution in [0.3, 0.4) is 0 Å². The maximum absolute atomic E-state index is 13.8. The van der Waals surface area contributed by atoms with Crippen LogP contribution in [0.25, 0.3) is 11.0 Å². The summed E-state index contributed by atoms with van der Waals surface area (Å²) in [5.41, 5.74) is 3.19. The number of benzene rings is 2. The van der Waals surface area contributed by atoms with Crippen LogP contribution in [0.1, 0.15) is 21.7 Å².